The van der Waals surface area contributed by atoms with Gasteiger partial charge in [-0.15, -0.1) is 0 Å². The smallest absolute Gasteiger partial charge is 0.142 e. The van der Waals surface area contributed by atoms with E-state index in [-0.39, 0.29) is 11.5 Å². The van der Waals surface area contributed by atoms with Crippen molar-refractivity contribution in [3.63, 3.8) is 0 Å². The van der Waals surface area contributed by atoms with Crippen LogP contribution in [0, 0.1) is 12.3 Å². The summed E-state index contributed by atoms with van der Waals surface area (Å²) >= 11 is 0. The molecule has 1 heterocycles. The van der Waals surface area contributed by atoms with Gasteiger partial charge in [0.15, 0.2) is 0 Å². The SMILES string of the molecule is COc1ccccc1-n1c(C)cc2c1CC(C)(C)CC2N. The van der Waals surface area contributed by atoms with E-state index in [4.69, 9.17) is 10.5 Å². The molecule has 21 heavy (non-hydrogen) atoms. The van der Waals surface area contributed by atoms with E-state index >= 15 is 0 Å². The van der Waals surface area contributed by atoms with Gasteiger partial charge in [-0.25, -0.2) is 0 Å². The molecule has 1 aliphatic carbocycles. The minimum absolute atomic E-state index is 0.124. The molecule has 1 unspecified atom stereocenters. The molecule has 0 saturated carbocycles. The van der Waals surface area contributed by atoms with Crippen LogP contribution in [0.15, 0.2) is 30.3 Å². The van der Waals surface area contributed by atoms with E-state index in [9.17, 15) is 0 Å². The normalized spacial score (nSPS) is 20.1. The Morgan fingerprint density at radius 1 is 1.29 bits per heavy atom. The standard InChI is InChI=1S/C18H24N2O/c1-12-9-13-14(19)10-18(2,3)11-16(13)20(12)15-7-5-6-8-17(15)21-4/h5-9,14H,10-11,19H2,1-4H3. The van der Waals surface area contributed by atoms with E-state index in [2.05, 4.69) is 43.5 Å². The fourth-order valence-corrected chi connectivity index (χ4v) is 3.60. The highest BCUT2D eigenvalue weighted by Gasteiger charge is 2.33. The van der Waals surface area contributed by atoms with E-state index in [1.807, 2.05) is 12.1 Å². The highest BCUT2D eigenvalue weighted by Crippen LogP contribution is 2.42. The number of hydrogen-bond donors (Lipinski definition) is 1. The molecule has 112 valence electrons. The second kappa shape index (κ2) is 4.92. The van der Waals surface area contributed by atoms with Crippen LogP contribution in [0.1, 0.15) is 43.3 Å². The van der Waals surface area contributed by atoms with Crippen LogP contribution in [0.4, 0.5) is 0 Å². The fourth-order valence-electron chi connectivity index (χ4n) is 3.60. The van der Waals surface area contributed by atoms with Crippen molar-refractivity contribution < 1.29 is 4.74 Å². The Morgan fingerprint density at radius 3 is 2.71 bits per heavy atom. The number of ether oxygens (including phenoxy) is 1. The number of nitrogens with two attached hydrogens (primary N) is 1. The molecule has 0 aliphatic heterocycles. The quantitative estimate of drug-likeness (QED) is 0.912. The van der Waals surface area contributed by atoms with E-state index in [0.717, 1.165) is 24.3 Å². The molecule has 0 radical (unpaired) electrons. The van der Waals surface area contributed by atoms with Gasteiger partial charge in [-0.05, 0) is 48.9 Å². The molecule has 0 spiro atoms. The molecule has 3 heteroatoms. The molecule has 1 atom stereocenters. The number of aromatic nitrogens is 1. The zero-order valence-corrected chi connectivity index (χ0v) is 13.3. The van der Waals surface area contributed by atoms with Crippen LogP contribution in [-0.4, -0.2) is 11.7 Å². The van der Waals surface area contributed by atoms with Crippen molar-refractivity contribution in [1.29, 1.82) is 0 Å². The highest BCUT2D eigenvalue weighted by atomic mass is 16.5. The largest absolute Gasteiger partial charge is 0.495 e. The van der Waals surface area contributed by atoms with Gasteiger partial charge in [0.1, 0.15) is 5.75 Å². The summed E-state index contributed by atoms with van der Waals surface area (Å²) in [7, 11) is 1.72. The van der Waals surface area contributed by atoms with E-state index in [0.29, 0.717) is 0 Å². The number of rotatable bonds is 2. The van der Waals surface area contributed by atoms with E-state index in [1.54, 1.807) is 7.11 Å². The van der Waals surface area contributed by atoms with Crippen LogP contribution >= 0.6 is 0 Å². The molecule has 0 fully saturated rings. The molecule has 3 nitrogen and oxygen atoms in total. The first-order chi connectivity index (χ1) is 9.93. The molecule has 2 N–H and O–H groups in total. The summed E-state index contributed by atoms with van der Waals surface area (Å²) in [5.74, 6) is 0.899. The lowest BCUT2D eigenvalue weighted by Gasteiger charge is -2.34. The third-order valence-corrected chi connectivity index (χ3v) is 4.46. The summed E-state index contributed by atoms with van der Waals surface area (Å²) in [6.07, 6.45) is 2.08. The lowest BCUT2D eigenvalue weighted by atomic mass is 9.74. The van der Waals surface area contributed by atoms with Crippen LogP contribution in [-0.2, 0) is 6.42 Å². The average Bonchev–Trinajstić information content (AvgIpc) is 2.74. The van der Waals surface area contributed by atoms with Crippen molar-refractivity contribution in [3.8, 4) is 11.4 Å². The summed E-state index contributed by atoms with van der Waals surface area (Å²) < 4.78 is 7.86. The van der Waals surface area contributed by atoms with Gasteiger partial charge in [-0.3, -0.25) is 0 Å². The van der Waals surface area contributed by atoms with Gasteiger partial charge in [-0.2, -0.15) is 0 Å². The van der Waals surface area contributed by atoms with Crippen molar-refractivity contribution in [3.05, 3.63) is 47.3 Å². The second-order valence-corrected chi connectivity index (χ2v) is 6.85. The molecule has 0 saturated heterocycles. The fraction of sp³-hybridized carbons (Fsp3) is 0.444. The Morgan fingerprint density at radius 2 is 2.00 bits per heavy atom. The number of nitrogens with zero attached hydrogens (tertiary/aromatic N) is 1. The number of para-hydroxylation sites is 2. The number of fused-ring (bicyclic) bond motifs is 1. The van der Waals surface area contributed by atoms with E-state index < -0.39 is 0 Å². The lowest BCUT2D eigenvalue weighted by molar-refractivity contribution is 0.278. The third-order valence-electron chi connectivity index (χ3n) is 4.46. The van der Waals surface area contributed by atoms with Crippen LogP contribution in [0.2, 0.25) is 0 Å². The van der Waals surface area contributed by atoms with Crippen molar-refractivity contribution in [2.24, 2.45) is 11.1 Å². The van der Waals surface area contributed by atoms with Gasteiger partial charge in [0.2, 0.25) is 0 Å². The molecular weight excluding hydrogens is 260 g/mol. The summed E-state index contributed by atoms with van der Waals surface area (Å²) in [5, 5.41) is 0. The van der Waals surface area contributed by atoms with Gasteiger partial charge in [-0.1, -0.05) is 26.0 Å². The number of benzene rings is 1. The topological polar surface area (TPSA) is 40.2 Å². The van der Waals surface area contributed by atoms with Crippen molar-refractivity contribution in [1.82, 2.24) is 4.57 Å². The molecule has 1 aliphatic rings. The monoisotopic (exact) mass is 284 g/mol. The minimum Gasteiger partial charge on any atom is -0.495 e. The molecule has 3 rings (SSSR count). The molecule has 1 aromatic carbocycles. The van der Waals surface area contributed by atoms with Crippen molar-refractivity contribution in [2.45, 2.75) is 39.7 Å². The van der Waals surface area contributed by atoms with Crippen LogP contribution in [0.3, 0.4) is 0 Å². The van der Waals surface area contributed by atoms with Crippen LogP contribution < -0.4 is 10.5 Å². The Bertz CT molecular complexity index is 670. The predicted molar refractivity (Wildman–Crippen MR) is 86.1 cm³/mol. The zero-order chi connectivity index (χ0) is 15.2. The summed E-state index contributed by atoms with van der Waals surface area (Å²) in [4.78, 5) is 0. The average molecular weight is 284 g/mol. The summed E-state index contributed by atoms with van der Waals surface area (Å²) in [5.41, 5.74) is 11.6. The Kier molecular flexibility index (Phi) is 3.33. The Labute approximate surface area is 126 Å². The molecule has 0 amide bonds. The third kappa shape index (κ3) is 2.36. The summed E-state index contributed by atoms with van der Waals surface area (Å²) in [6, 6.07) is 10.5. The number of aryl methyl sites for hydroxylation is 1. The predicted octanol–water partition coefficient (Wildman–Crippen LogP) is 3.77. The first-order valence-corrected chi connectivity index (χ1v) is 7.53. The maximum absolute atomic E-state index is 6.41. The zero-order valence-electron chi connectivity index (χ0n) is 13.3. The van der Waals surface area contributed by atoms with Crippen LogP contribution in [0.25, 0.3) is 5.69 Å². The molecular formula is C18H24N2O. The second-order valence-electron chi connectivity index (χ2n) is 6.85. The van der Waals surface area contributed by atoms with Crippen molar-refractivity contribution >= 4 is 0 Å². The number of hydrogen-bond acceptors (Lipinski definition) is 2. The minimum atomic E-state index is 0.124. The van der Waals surface area contributed by atoms with Gasteiger partial charge in [0.05, 0.1) is 12.8 Å². The Hall–Kier alpha value is -1.74. The lowest BCUT2D eigenvalue weighted by Crippen LogP contribution is -2.30. The molecule has 2 aromatic rings. The number of methoxy groups -OCH3 is 1. The highest BCUT2D eigenvalue weighted by molar-refractivity contribution is 5.52. The van der Waals surface area contributed by atoms with Gasteiger partial charge < -0.3 is 15.0 Å². The Balaban J connectivity index is 2.21. The van der Waals surface area contributed by atoms with Gasteiger partial charge in [0, 0.05) is 17.4 Å². The molecule has 1 aromatic heterocycles. The summed E-state index contributed by atoms with van der Waals surface area (Å²) in [6.45, 7) is 6.74. The maximum Gasteiger partial charge on any atom is 0.142 e. The van der Waals surface area contributed by atoms with Gasteiger partial charge >= 0.3 is 0 Å². The first-order valence-electron chi connectivity index (χ1n) is 7.53. The maximum atomic E-state index is 6.41. The first kappa shape index (κ1) is 14.2. The molecule has 0 bridgehead atoms. The van der Waals surface area contributed by atoms with Gasteiger partial charge in [0.25, 0.3) is 0 Å². The van der Waals surface area contributed by atoms with Crippen LogP contribution in [0.5, 0.6) is 5.75 Å². The van der Waals surface area contributed by atoms with Crippen molar-refractivity contribution in [2.75, 3.05) is 7.11 Å². The van der Waals surface area contributed by atoms with E-state index in [1.165, 1.54) is 17.0 Å².